The summed E-state index contributed by atoms with van der Waals surface area (Å²) in [4.78, 5) is 19.7. The van der Waals surface area contributed by atoms with Crippen LogP contribution < -0.4 is 15.5 Å². The number of aromatic nitrogens is 4. The molecule has 0 saturated carbocycles. The number of piperidine rings is 1. The Bertz CT molecular complexity index is 963. The molecule has 1 aliphatic rings. The number of anilines is 4. The minimum absolute atomic E-state index is 0.117. The Morgan fingerprint density at radius 3 is 2.57 bits per heavy atom. The number of halogens is 1. The molecule has 156 valence electrons. The van der Waals surface area contributed by atoms with Crippen molar-refractivity contribution in [3.05, 3.63) is 60.3 Å². The van der Waals surface area contributed by atoms with E-state index in [0.717, 1.165) is 24.5 Å². The summed E-state index contributed by atoms with van der Waals surface area (Å²) < 4.78 is 13.2. The maximum Gasteiger partial charge on any atom is 0.227 e. The summed E-state index contributed by atoms with van der Waals surface area (Å²) in [5.41, 5.74) is 0.926. The second-order valence-electron chi connectivity index (χ2n) is 7.29. The van der Waals surface area contributed by atoms with Gasteiger partial charge in [-0.05, 0) is 37.5 Å². The minimum Gasteiger partial charge on any atom is -0.393 e. The summed E-state index contributed by atoms with van der Waals surface area (Å²) in [6.45, 7) is 3.40. The van der Waals surface area contributed by atoms with Crippen LogP contribution in [-0.4, -0.2) is 44.2 Å². The molecule has 0 aliphatic carbocycles. The summed E-state index contributed by atoms with van der Waals surface area (Å²) in [5, 5.41) is 16.3. The Morgan fingerprint density at radius 2 is 1.87 bits per heavy atom. The standard InChI is InChI=1S/C21H24FN7O/c1-14(15-2-4-16(22)5-3-15)25-21-27-18(26-19-13-23-8-9-24-19)12-20(28-21)29-10-6-17(30)7-11-29/h2-5,8-9,12-14,17,30H,6-7,10-11H2,1H3,(H2,24,25,26,27,28)/t14-/m0/s1. The van der Waals surface area contributed by atoms with E-state index in [0.29, 0.717) is 30.4 Å². The first-order chi connectivity index (χ1) is 14.6. The molecule has 0 amide bonds. The zero-order valence-corrected chi connectivity index (χ0v) is 16.7. The zero-order valence-electron chi connectivity index (χ0n) is 16.7. The average Bonchev–Trinajstić information content (AvgIpc) is 2.75. The van der Waals surface area contributed by atoms with Gasteiger partial charge in [0, 0.05) is 31.5 Å². The smallest absolute Gasteiger partial charge is 0.227 e. The number of nitrogens with zero attached hydrogens (tertiary/aromatic N) is 5. The van der Waals surface area contributed by atoms with Gasteiger partial charge in [0.1, 0.15) is 23.3 Å². The lowest BCUT2D eigenvalue weighted by molar-refractivity contribution is 0.145. The molecule has 9 heteroatoms. The van der Waals surface area contributed by atoms with Gasteiger partial charge in [0.2, 0.25) is 5.95 Å². The number of rotatable bonds is 6. The highest BCUT2D eigenvalue weighted by atomic mass is 19.1. The van der Waals surface area contributed by atoms with Crippen molar-refractivity contribution in [2.24, 2.45) is 0 Å². The molecule has 1 saturated heterocycles. The predicted molar refractivity (Wildman–Crippen MR) is 113 cm³/mol. The lowest BCUT2D eigenvalue weighted by Gasteiger charge is -2.31. The topological polar surface area (TPSA) is 99.1 Å². The van der Waals surface area contributed by atoms with Crippen LogP contribution in [0.1, 0.15) is 31.4 Å². The van der Waals surface area contributed by atoms with Gasteiger partial charge in [0.05, 0.1) is 18.3 Å². The van der Waals surface area contributed by atoms with Crippen LogP contribution in [0.4, 0.5) is 27.8 Å². The second kappa shape index (κ2) is 9.00. The highest BCUT2D eigenvalue weighted by Gasteiger charge is 2.20. The quantitative estimate of drug-likeness (QED) is 0.570. The van der Waals surface area contributed by atoms with Gasteiger partial charge in [-0.15, -0.1) is 0 Å². The molecule has 30 heavy (non-hydrogen) atoms. The lowest BCUT2D eigenvalue weighted by atomic mass is 10.1. The minimum atomic E-state index is -0.271. The first kappa shape index (κ1) is 20.0. The Kier molecular flexibility index (Phi) is 5.99. The Hall–Kier alpha value is -3.33. The third-order valence-corrected chi connectivity index (χ3v) is 5.04. The lowest BCUT2D eigenvalue weighted by Crippen LogP contribution is -2.36. The Morgan fingerprint density at radius 1 is 1.10 bits per heavy atom. The van der Waals surface area contributed by atoms with Crippen LogP contribution in [0.15, 0.2) is 48.9 Å². The van der Waals surface area contributed by atoms with Gasteiger partial charge in [0.25, 0.3) is 0 Å². The fourth-order valence-corrected chi connectivity index (χ4v) is 3.34. The molecule has 0 bridgehead atoms. The van der Waals surface area contributed by atoms with Crippen molar-refractivity contribution in [1.82, 2.24) is 19.9 Å². The van der Waals surface area contributed by atoms with E-state index in [4.69, 9.17) is 0 Å². The van der Waals surface area contributed by atoms with Crippen LogP contribution in [0, 0.1) is 5.82 Å². The highest BCUT2D eigenvalue weighted by molar-refractivity contribution is 5.59. The van der Waals surface area contributed by atoms with E-state index in [9.17, 15) is 9.50 Å². The molecule has 0 radical (unpaired) electrons. The number of aliphatic hydroxyl groups excluding tert-OH is 1. The molecule has 4 rings (SSSR count). The van der Waals surface area contributed by atoms with Gasteiger partial charge >= 0.3 is 0 Å². The highest BCUT2D eigenvalue weighted by Crippen LogP contribution is 2.25. The molecule has 1 aliphatic heterocycles. The van der Waals surface area contributed by atoms with Crippen molar-refractivity contribution in [3.8, 4) is 0 Å². The van der Waals surface area contributed by atoms with E-state index >= 15 is 0 Å². The third-order valence-electron chi connectivity index (χ3n) is 5.04. The molecule has 1 atom stereocenters. The zero-order chi connectivity index (χ0) is 20.9. The molecule has 3 N–H and O–H groups in total. The van der Waals surface area contributed by atoms with E-state index in [1.807, 2.05) is 13.0 Å². The van der Waals surface area contributed by atoms with E-state index in [1.165, 1.54) is 12.1 Å². The predicted octanol–water partition coefficient (Wildman–Crippen LogP) is 3.28. The van der Waals surface area contributed by atoms with Crippen molar-refractivity contribution >= 4 is 23.4 Å². The van der Waals surface area contributed by atoms with Crippen molar-refractivity contribution < 1.29 is 9.50 Å². The fourth-order valence-electron chi connectivity index (χ4n) is 3.34. The summed E-state index contributed by atoms with van der Waals surface area (Å²) in [7, 11) is 0. The molecular formula is C21H24FN7O. The van der Waals surface area contributed by atoms with Gasteiger partial charge in [-0.25, -0.2) is 9.37 Å². The van der Waals surface area contributed by atoms with Gasteiger partial charge in [-0.3, -0.25) is 4.98 Å². The molecule has 1 aromatic carbocycles. The first-order valence-electron chi connectivity index (χ1n) is 9.94. The maximum absolute atomic E-state index is 13.2. The van der Waals surface area contributed by atoms with E-state index in [1.54, 1.807) is 30.7 Å². The molecule has 3 heterocycles. The maximum atomic E-state index is 13.2. The van der Waals surface area contributed by atoms with Crippen LogP contribution >= 0.6 is 0 Å². The van der Waals surface area contributed by atoms with Crippen molar-refractivity contribution in [2.75, 3.05) is 28.6 Å². The number of aliphatic hydroxyl groups is 1. The van der Waals surface area contributed by atoms with Gasteiger partial charge in [-0.1, -0.05) is 12.1 Å². The largest absolute Gasteiger partial charge is 0.393 e. The molecule has 2 aromatic heterocycles. The molecule has 0 spiro atoms. The molecule has 1 fully saturated rings. The monoisotopic (exact) mass is 409 g/mol. The van der Waals surface area contributed by atoms with Gasteiger partial charge in [0.15, 0.2) is 0 Å². The van der Waals surface area contributed by atoms with Crippen LogP contribution in [-0.2, 0) is 0 Å². The first-order valence-corrected chi connectivity index (χ1v) is 9.94. The number of nitrogens with one attached hydrogen (secondary N) is 2. The Labute approximate surface area is 174 Å². The van der Waals surface area contributed by atoms with E-state index in [2.05, 4.69) is 35.5 Å². The van der Waals surface area contributed by atoms with Gasteiger partial charge in [-0.2, -0.15) is 9.97 Å². The number of hydrogen-bond donors (Lipinski definition) is 3. The SMILES string of the molecule is C[C@H](Nc1nc(Nc2cnccn2)cc(N2CCC(O)CC2)n1)c1ccc(F)cc1. The summed E-state index contributed by atoms with van der Waals surface area (Å²) >= 11 is 0. The van der Waals surface area contributed by atoms with Crippen molar-refractivity contribution in [2.45, 2.75) is 31.9 Å². The number of benzene rings is 1. The molecule has 3 aromatic rings. The fraction of sp³-hybridized carbons (Fsp3) is 0.333. The van der Waals surface area contributed by atoms with Gasteiger partial charge < -0.3 is 20.6 Å². The van der Waals surface area contributed by atoms with Crippen LogP contribution in [0.25, 0.3) is 0 Å². The third kappa shape index (κ3) is 4.98. The normalized spacial score (nSPS) is 15.6. The summed E-state index contributed by atoms with van der Waals surface area (Å²) in [6.07, 6.45) is 5.96. The second-order valence-corrected chi connectivity index (χ2v) is 7.29. The Balaban J connectivity index is 1.59. The molecule has 0 unspecified atom stereocenters. The summed E-state index contributed by atoms with van der Waals surface area (Å²) in [6, 6.07) is 8.09. The van der Waals surface area contributed by atoms with E-state index in [-0.39, 0.29) is 18.0 Å². The van der Waals surface area contributed by atoms with Crippen LogP contribution in [0.3, 0.4) is 0 Å². The summed E-state index contributed by atoms with van der Waals surface area (Å²) in [5.74, 6) is 2.10. The molecule has 8 nitrogen and oxygen atoms in total. The van der Waals surface area contributed by atoms with Crippen LogP contribution in [0.5, 0.6) is 0 Å². The van der Waals surface area contributed by atoms with E-state index < -0.39 is 0 Å². The van der Waals surface area contributed by atoms with Crippen molar-refractivity contribution in [3.63, 3.8) is 0 Å². The van der Waals surface area contributed by atoms with Crippen LogP contribution in [0.2, 0.25) is 0 Å². The van der Waals surface area contributed by atoms with Crippen molar-refractivity contribution in [1.29, 1.82) is 0 Å². The number of hydrogen-bond acceptors (Lipinski definition) is 8. The molecular weight excluding hydrogens is 385 g/mol. The average molecular weight is 409 g/mol.